The lowest BCUT2D eigenvalue weighted by molar-refractivity contribution is -0.419. The van der Waals surface area contributed by atoms with Crippen LogP contribution in [0.5, 0.6) is 11.5 Å². The molecule has 0 aliphatic heterocycles. The second-order valence-corrected chi connectivity index (χ2v) is 4.59. The van der Waals surface area contributed by atoms with Crippen LogP contribution in [0.1, 0.15) is 12.5 Å². The number of carbonyl (C=O) groups excluding carboxylic acids is 1. The lowest BCUT2D eigenvalue weighted by Crippen LogP contribution is -2.14. The Morgan fingerprint density at radius 1 is 1.33 bits per heavy atom. The Balaban J connectivity index is 3.38. The summed E-state index contributed by atoms with van der Waals surface area (Å²) in [6.07, 6.45) is 1.09. The van der Waals surface area contributed by atoms with Crippen LogP contribution >= 0.6 is 15.9 Å². The second kappa shape index (κ2) is 7.63. The molecule has 1 rings (SSSR count). The molecule has 1 aromatic rings. The summed E-state index contributed by atoms with van der Waals surface area (Å²) in [5.41, 5.74) is -0.350. The Morgan fingerprint density at radius 3 is 2.43 bits per heavy atom. The first-order chi connectivity index (χ1) is 9.94. The van der Waals surface area contributed by atoms with Gasteiger partial charge in [-0.3, -0.25) is 10.1 Å². The molecule has 114 valence electrons. The molecule has 0 spiro atoms. The highest BCUT2D eigenvalue weighted by Gasteiger charge is 2.24. The molecule has 0 aliphatic rings. The van der Waals surface area contributed by atoms with Crippen LogP contribution in [-0.2, 0) is 9.53 Å². The summed E-state index contributed by atoms with van der Waals surface area (Å²) >= 11 is 3.28. The minimum atomic E-state index is -1.01. The number of hydrogen-bond donors (Lipinski definition) is 0. The molecule has 0 saturated heterocycles. The molecule has 1 aromatic carbocycles. The van der Waals surface area contributed by atoms with E-state index in [4.69, 9.17) is 9.47 Å². The maximum Gasteiger partial charge on any atom is 0.409 e. The van der Waals surface area contributed by atoms with Crippen molar-refractivity contribution < 1.29 is 23.9 Å². The molecule has 0 atom stereocenters. The SMILES string of the molecule is CCOC(=O)C(=Cc1cc(OC)c(Br)cc1OC)[N+](=O)[O-]. The molecular weight excluding hydrogens is 346 g/mol. The van der Waals surface area contributed by atoms with Gasteiger partial charge in [-0.2, -0.15) is 0 Å². The van der Waals surface area contributed by atoms with Crippen molar-refractivity contribution in [2.75, 3.05) is 20.8 Å². The van der Waals surface area contributed by atoms with Gasteiger partial charge in [0.1, 0.15) is 11.5 Å². The Hall–Kier alpha value is -2.09. The molecule has 0 aliphatic carbocycles. The predicted molar refractivity (Wildman–Crippen MR) is 78.9 cm³/mol. The molecule has 21 heavy (non-hydrogen) atoms. The van der Waals surface area contributed by atoms with E-state index in [2.05, 4.69) is 20.7 Å². The van der Waals surface area contributed by atoms with Gasteiger partial charge in [0.2, 0.25) is 0 Å². The first-order valence-corrected chi connectivity index (χ1v) is 6.68. The lowest BCUT2D eigenvalue weighted by atomic mass is 10.1. The van der Waals surface area contributed by atoms with Crippen LogP contribution in [0.2, 0.25) is 0 Å². The topological polar surface area (TPSA) is 87.9 Å². The zero-order chi connectivity index (χ0) is 16.0. The van der Waals surface area contributed by atoms with Gasteiger partial charge in [0.15, 0.2) is 0 Å². The average Bonchev–Trinajstić information content (AvgIpc) is 2.45. The van der Waals surface area contributed by atoms with Crippen LogP contribution < -0.4 is 9.47 Å². The Morgan fingerprint density at radius 2 is 1.95 bits per heavy atom. The fourth-order valence-corrected chi connectivity index (χ4v) is 2.02. The number of nitro groups is 1. The van der Waals surface area contributed by atoms with Crippen molar-refractivity contribution in [3.05, 3.63) is 38.0 Å². The van der Waals surface area contributed by atoms with Crippen molar-refractivity contribution in [3.8, 4) is 11.5 Å². The average molecular weight is 360 g/mol. The molecule has 0 aromatic heterocycles. The number of hydrogen-bond acceptors (Lipinski definition) is 6. The van der Waals surface area contributed by atoms with Crippen LogP contribution in [-0.4, -0.2) is 31.7 Å². The van der Waals surface area contributed by atoms with E-state index in [0.717, 1.165) is 6.08 Å². The summed E-state index contributed by atoms with van der Waals surface area (Å²) in [7, 11) is 2.88. The molecule has 0 radical (unpaired) electrons. The molecule has 0 bridgehead atoms. The standard InChI is InChI=1S/C13H14BrNO6/c1-4-21-13(16)10(15(17)18)5-8-6-12(20-3)9(14)7-11(8)19-2/h5-7H,4H2,1-3H3. The van der Waals surface area contributed by atoms with Crippen LogP contribution in [0.3, 0.4) is 0 Å². The smallest absolute Gasteiger partial charge is 0.409 e. The number of nitrogens with zero attached hydrogens (tertiary/aromatic N) is 1. The molecule has 7 nitrogen and oxygen atoms in total. The number of ether oxygens (including phenoxy) is 3. The van der Waals surface area contributed by atoms with Crippen LogP contribution in [0.15, 0.2) is 22.3 Å². The summed E-state index contributed by atoms with van der Waals surface area (Å²) < 4.78 is 15.5. The predicted octanol–water partition coefficient (Wildman–Crippen LogP) is 2.65. The van der Waals surface area contributed by atoms with Gasteiger partial charge in [0.05, 0.1) is 30.2 Å². The fourth-order valence-electron chi connectivity index (χ4n) is 1.54. The Bertz CT molecular complexity index is 584. The van der Waals surface area contributed by atoms with Crippen LogP contribution in [0, 0.1) is 10.1 Å². The number of esters is 1. The largest absolute Gasteiger partial charge is 0.496 e. The molecule has 0 N–H and O–H groups in total. The molecular formula is C13H14BrNO6. The highest BCUT2D eigenvalue weighted by Crippen LogP contribution is 2.34. The van der Waals surface area contributed by atoms with E-state index in [1.54, 1.807) is 13.0 Å². The lowest BCUT2D eigenvalue weighted by Gasteiger charge is -2.09. The quantitative estimate of drug-likeness (QED) is 0.335. The van der Waals surface area contributed by atoms with Gasteiger partial charge in [0.25, 0.3) is 0 Å². The normalized spacial score (nSPS) is 11.0. The number of methoxy groups -OCH3 is 2. The Labute approximate surface area is 129 Å². The number of halogens is 1. The first-order valence-electron chi connectivity index (χ1n) is 5.89. The van der Waals surface area contributed by atoms with Gasteiger partial charge in [-0.1, -0.05) is 0 Å². The van der Waals surface area contributed by atoms with E-state index in [0.29, 0.717) is 21.5 Å². The summed E-state index contributed by atoms with van der Waals surface area (Å²) in [6, 6.07) is 3.11. The minimum absolute atomic E-state index is 0.0464. The maximum atomic E-state index is 11.6. The number of benzene rings is 1. The molecule has 8 heteroatoms. The van der Waals surface area contributed by atoms with Crippen molar-refractivity contribution in [2.24, 2.45) is 0 Å². The van der Waals surface area contributed by atoms with Gasteiger partial charge in [-0.15, -0.1) is 0 Å². The molecule has 0 amide bonds. The van der Waals surface area contributed by atoms with Gasteiger partial charge < -0.3 is 14.2 Å². The summed E-state index contributed by atoms with van der Waals surface area (Å²) in [4.78, 5) is 21.8. The van der Waals surface area contributed by atoms with Crippen LogP contribution in [0.4, 0.5) is 0 Å². The fraction of sp³-hybridized carbons (Fsp3) is 0.308. The van der Waals surface area contributed by atoms with E-state index in [1.807, 2.05) is 0 Å². The zero-order valence-corrected chi connectivity index (χ0v) is 13.3. The molecule has 0 saturated carbocycles. The zero-order valence-electron chi connectivity index (χ0n) is 11.7. The van der Waals surface area contributed by atoms with Crippen molar-refractivity contribution >= 4 is 28.0 Å². The van der Waals surface area contributed by atoms with Gasteiger partial charge in [-0.25, -0.2) is 4.79 Å². The minimum Gasteiger partial charge on any atom is -0.496 e. The van der Waals surface area contributed by atoms with E-state index in [1.165, 1.54) is 20.3 Å². The van der Waals surface area contributed by atoms with Gasteiger partial charge in [-0.05, 0) is 35.0 Å². The Kier molecular flexibility index (Phi) is 6.16. The third-order valence-electron chi connectivity index (χ3n) is 2.48. The van der Waals surface area contributed by atoms with Crippen molar-refractivity contribution in [2.45, 2.75) is 6.92 Å². The van der Waals surface area contributed by atoms with E-state index >= 15 is 0 Å². The van der Waals surface area contributed by atoms with Crippen molar-refractivity contribution in [1.29, 1.82) is 0 Å². The third-order valence-corrected chi connectivity index (χ3v) is 3.10. The summed E-state index contributed by atoms with van der Waals surface area (Å²) in [5, 5.41) is 11.0. The summed E-state index contributed by atoms with van der Waals surface area (Å²) in [5.74, 6) is -0.202. The van der Waals surface area contributed by atoms with Gasteiger partial charge >= 0.3 is 11.7 Å². The van der Waals surface area contributed by atoms with Crippen molar-refractivity contribution in [1.82, 2.24) is 0 Å². The highest BCUT2D eigenvalue weighted by atomic mass is 79.9. The number of carbonyl (C=O) groups is 1. The maximum absolute atomic E-state index is 11.6. The van der Waals surface area contributed by atoms with Crippen molar-refractivity contribution in [3.63, 3.8) is 0 Å². The van der Waals surface area contributed by atoms with Crippen LogP contribution in [0.25, 0.3) is 6.08 Å². The highest BCUT2D eigenvalue weighted by molar-refractivity contribution is 9.10. The molecule has 0 heterocycles. The molecule has 0 unspecified atom stereocenters. The first kappa shape index (κ1) is 17.0. The van der Waals surface area contributed by atoms with E-state index in [9.17, 15) is 14.9 Å². The second-order valence-electron chi connectivity index (χ2n) is 3.74. The summed E-state index contributed by atoms with van der Waals surface area (Å²) in [6.45, 7) is 1.61. The van der Waals surface area contributed by atoms with E-state index < -0.39 is 16.6 Å². The van der Waals surface area contributed by atoms with E-state index in [-0.39, 0.29) is 6.61 Å². The van der Waals surface area contributed by atoms with Gasteiger partial charge in [0, 0.05) is 11.6 Å². The number of rotatable bonds is 6. The monoisotopic (exact) mass is 359 g/mol. The third kappa shape index (κ3) is 4.19. The molecule has 0 fully saturated rings.